The molecule has 0 saturated carbocycles. The van der Waals surface area contributed by atoms with Crippen LogP contribution < -0.4 is 5.73 Å². The predicted molar refractivity (Wildman–Crippen MR) is 45.1 cm³/mol. The molecule has 0 bridgehead atoms. The predicted octanol–water partition coefficient (Wildman–Crippen LogP) is 0.276. The minimum absolute atomic E-state index is 0.0329. The molecule has 0 aromatic heterocycles. The van der Waals surface area contributed by atoms with Crippen molar-refractivity contribution in [2.75, 3.05) is 6.54 Å². The summed E-state index contributed by atoms with van der Waals surface area (Å²) in [7, 11) is 0. The zero-order valence-electron chi connectivity index (χ0n) is 7.62. The highest BCUT2D eigenvalue weighted by Gasteiger charge is 2.27. The zero-order valence-corrected chi connectivity index (χ0v) is 7.62. The lowest BCUT2D eigenvalue weighted by Gasteiger charge is -2.15. The van der Waals surface area contributed by atoms with E-state index in [0.29, 0.717) is 13.0 Å². The second kappa shape index (κ2) is 3.87. The van der Waals surface area contributed by atoms with Gasteiger partial charge in [0.15, 0.2) is 0 Å². The van der Waals surface area contributed by atoms with Crippen molar-refractivity contribution in [2.45, 2.75) is 38.8 Å². The van der Waals surface area contributed by atoms with Crippen LogP contribution in [0.5, 0.6) is 0 Å². The first-order valence-corrected chi connectivity index (χ1v) is 4.32. The molecule has 12 heavy (non-hydrogen) atoms. The summed E-state index contributed by atoms with van der Waals surface area (Å²) in [5.74, 6) is 0.0724. The molecular formula is C8H16N2O2. The molecule has 2 atom stereocenters. The van der Waals surface area contributed by atoms with E-state index in [1.165, 1.54) is 5.06 Å². The smallest absolute Gasteiger partial charge is 0.248 e. The van der Waals surface area contributed by atoms with Crippen LogP contribution in [0, 0.1) is 0 Å². The summed E-state index contributed by atoms with van der Waals surface area (Å²) in [4.78, 5) is 16.4. The Bertz CT molecular complexity index is 170. The first kappa shape index (κ1) is 9.48. The topological polar surface area (TPSA) is 55.6 Å². The zero-order chi connectivity index (χ0) is 9.14. The fourth-order valence-electron chi connectivity index (χ4n) is 1.16. The van der Waals surface area contributed by atoms with Crippen molar-refractivity contribution in [1.82, 2.24) is 5.06 Å². The van der Waals surface area contributed by atoms with Gasteiger partial charge in [0, 0.05) is 6.04 Å². The van der Waals surface area contributed by atoms with E-state index in [1.807, 2.05) is 13.8 Å². The molecule has 4 nitrogen and oxygen atoms in total. The largest absolute Gasteiger partial charge is 0.328 e. The van der Waals surface area contributed by atoms with Crippen LogP contribution in [-0.4, -0.2) is 29.7 Å². The van der Waals surface area contributed by atoms with Crippen molar-refractivity contribution in [3.8, 4) is 0 Å². The summed E-state index contributed by atoms with van der Waals surface area (Å²) in [5.41, 5.74) is 5.56. The molecule has 0 aromatic rings. The molecule has 2 N–H and O–H groups in total. The third-order valence-corrected chi connectivity index (χ3v) is 1.83. The van der Waals surface area contributed by atoms with Crippen molar-refractivity contribution >= 4 is 5.91 Å². The quantitative estimate of drug-likeness (QED) is 0.665. The van der Waals surface area contributed by atoms with Gasteiger partial charge >= 0.3 is 0 Å². The van der Waals surface area contributed by atoms with Crippen LogP contribution in [0.15, 0.2) is 0 Å². The maximum Gasteiger partial charge on any atom is 0.248 e. The van der Waals surface area contributed by atoms with Crippen LogP contribution in [-0.2, 0) is 9.63 Å². The molecule has 4 heteroatoms. The van der Waals surface area contributed by atoms with E-state index in [2.05, 4.69) is 0 Å². The van der Waals surface area contributed by atoms with Gasteiger partial charge in [0.25, 0.3) is 0 Å². The van der Waals surface area contributed by atoms with Gasteiger partial charge in [-0.3, -0.25) is 9.63 Å². The monoisotopic (exact) mass is 172 g/mol. The number of nitrogens with two attached hydrogens (primary N) is 1. The molecule has 0 aromatic carbocycles. The van der Waals surface area contributed by atoms with E-state index >= 15 is 0 Å². The van der Waals surface area contributed by atoms with Gasteiger partial charge in [0.2, 0.25) is 5.91 Å². The molecule has 1 aliphatic rings. The molecule has 1 fully saturated rings. The molecule has 1 amide bonds. The minimum atomic E-state index is 0.0329. The molecule has 1 heterocycles. The van der Waals surface area contributed by atoms with Gasteiger partial charge in [-0.15, -0.1) is 0 Å². The van der Waals surface area contributed by atoms with Gasteiger partial charge in [0.05, 0.1) is 19.1 Å². The number of carbonyl (C=O) groups is 1. The summed E-state index contributed by atoms with van der Waals surface area (Å²) in [6.07, 6.45) is 1.32. The van der Waals surface area contributed by atoms with Crippen molar-refractivity contribution in [3.05, 3.63) is 0 Å². The van der Waals surface area contributed by atoms with Gasteiger partial charge in [-0.25, -0.2) is 5.06 Å². The molecule has 1 saturated heterocycles. The number of hydrogen-bond donors (Lipinski definition) is 1. The number of carbonyl (C=O) groups excluding carboxylic acids is 1. The van der Waals surface area contributed by atoms with E-state index in [-0.39, 0.29) is 18.1 Å². The van der Waals surface area contributed by atoms with Crippen LogP contribution >= 0.6 is 0 Å². The van der Waals surface area contributed by atoms with Crippen molar-refractivity contribution in [1.29, 1.82) is 0 Å². The fourth-order valence-corrected chi connectivity index (χ4v) is 1.16. The SMILES string of the molecule is CC(N)CCN1OC(C)CC1=O. The van der Waals surface area contributed by atoms with Gasteiger partial charge < -0.3 is 5.73 Å². The minimum Gasteiger partial charge on any atom is -0.328 e. The lowest BCUT2D eigenvalue weighted by molar-refractivity contribution is -0.171. The molecule has 2 unspecified atom stereocenters. The van der Waals surface area contributed by atoms with Gasteiger partial charge in [-0.1, -0.05) is 0 Å². The molecule has 1 rings (SSSR count). The van der Waals surface area contributed by atoms with Crippen LogP contribution in [0.4, 0.5) is 0 Å². The molecular weight excluding hydrogens is 156 g/mol. The summed E-state index contributed by atoms with van der Waals surface area (Å²) < 4.78 is 0. The highest BCUT2D eigenvalue weighted by atomic mass is 16.7. The van der Waals surface area contributed by atoms with Crippen molar-refractivity contribution < 1.29 is 9.63 Å². The summed E-state index contributed by atoms with van der Waals surface area (Å²) >= 11 is 0. The van der Waals surface area contributed by atoms with E-state index in [9.17, 15) is 4.79 Å². The molecule has 70 valence electrons. The first-order chi connectivity index (χ1) is 5.59. The van der Waals surface area contributed by atoms with E-state index in [0.717, 1.165) is 6.42 Å². The van der Waals surface area contributed by atoms with E-state index in [4.69, 9.17) is 10.6 Å². The van der Waals surface area contributed by atoms with Crippen molar-refractivity contribution in [2.24, 2.45) is 5.73 Å². The normalized spacial score (nSPS) is 26.4. The fraction of sp³-hybridized carbons (Fsp3) is 0.875. The maximum atomic E-state index is 11.2. The molecule has 0 spiro atoms. The van der Waals surface area contributed by atoms with Gasteiger partial charge in [-0.05, 0) is 20.3 Å². The average Bonchev–Trinajstić information content (AvgIpc) is 2.26. The Morgan fingerprint density at radius 1 is 1.83 bits per heavy atom. The van der Waals surface area contributed by atoms with E-state index in [1.54, 1.807) is 0 Å². The number of nitrogens with zero attached hydrogens (tertiary/aromatic N) is 1. The standard InChI is InChI=1S/C8H16N2O2/c1-6(9)3-4-10-8(11)5-7(2)12-10/h6-7H,3-5,9H2,1-2H3. The molecule has 0 radical (unpaired) electrons. The third-order valence-electron chi connectivity index (χ3n) is 1.83. The van der Waals surface area contributed by atoms with Crippen LogP contribution in [0.25, 0.3) is 0 Å². The highest BCUT2D eigenvalue weighted by molar-refractivity contribution is 5.76. The second-order valence-corrected chi connectivity index (χ2v) is 3.38. The molecule has 0 aliphatic carbocycles. The lowest BCUT2D eigenvalue weighted by atomic mass is 10.2. The van der Waals surface area contributed by atoms with E-state index < -0.39 is 0 Å². The highest BCUT2D eigenvalue weighted by Crippen LogP contribution is 2.14. The Morgan fingerprint density at radius 2 is 2.50 bits per heavy atom. The summed E-state index contributed by atoms with van der Waals surface area (Å²) in [6, 6.07) is 0.123. The maximum absolute atomic E-state index is 11.2. The second-order valence-electron chi connectivity index (χ2n) is 3.38. The first-order valence-electron chi connectivity index (χ1n) is 4.32. The Balaban J connectivity index is 2.28. The Labute approximate surface area is 72.6 Å². The van der Waals surface area contributed by atoms with Crippen LogP contribution in [0.1, 0.15) is 26.7 Å². The van der Waals surface area contributed by atoms with Crippen LogP contribution in [0.3, 0.4) is 0 Å². The number of rotatable bonds is 3. The molecule has 1 aliphatic heterocycles. The van der Waals surface area contributed by atoms with Crippen molar-refractivity contribution in [3.63, 3.8) is 0 Å². The van der Waals surface area contributed by atoms with Gasteiger partial charge in [-0.2, -0.15) is 0 Å². The third kappa shape index (κ3) is 2.46. The number of hydrogen-bond acceptors (Lipinski definition) is 3. The van der Waals surface area contributed by atoms with Crippen LogP contribution in [0.2, 0.25) is 0 Å². The Hall–Kier alpha value is -0.610. The Kier molecular flexibility index (Phi) is 3.05. The number of hydroxylamine groups is 2. The Morgan fingerprint density at radius 3 is 2.92 bits per heavy atom. The summed E-state index contributed by atoms with van der Waals surface area (Å²) in [6.45, 7) is 4.43. The average molecular weight is 172 g/mol. The number of amides is 1. The lowest BCUT2D eigenvalue weighted by Crippen LogP contribution is -2.29. The summed E-state index contributed by atoms with van der Waals surface area (Å²) in [5, 5.41) is 1.42. The van der Waals surface area contributed by atoms with Gasteiger partial charge in [0.1, 0.15) is 0 Å².